The minimum atomic E-state index is -4.96. The van der Waals surface area contributed by atoms with Crippen LogP contribution in [-0.2, 0) is 44.7 Å². The van der Waals surface area contributed by atoms with E-state index in [2.05, 4.69) is 16.0 Å². The number of carbonyl (C=O) groups is 9. The normalized spacial score (nSPS) is 24.7. The number of fused-ring (bicyclic) bond motifs is 6. The van der Waals surface area contributed by atoms with Crippen LogP contribution >= 0.6 is 31.0 Å². The van der Waals surface area contributed by atoms with E-state index in [9.17, 15) is 47.9 Å². The molecule has 8 amide bonds. The van der Waals surface area contributed by atoms with Gasteiger partial charge in [-0.25, -0.2) is 18.9 Å². The number of halogens is 2. The summed E-state index contributed by atoms with van der Waals surface area (Å²) in [5, 5.41) is 10.9. The highest BCUT2D eigenvalue weighted by Gasteiger charge is 3.13. The van der Waals surface area contributed by atoms with Crippen LogP contribution in [0.2, 0.25) is 0 Å². The lowest BCUT2D eigenvalue weighted by Gasteiger charge is -3.09. The molecule has 27 heteroatoms. The number of hydrogen-bond donors (Lipinski definition) is 7. The molecule has 5 atom stereocenters. The van der Waals surface area contributed by atoms with Crippen LogP contribution in [0.3, 0.4) is 0 Å². The standard InChI is InChI=1S/C70H82Cl2N9O15P/c1-36(2)61(77-63(85)39(27-37(3)82)13-10-11-23-73)50(83)28-40(14-12-24-75-66(74)88)62(84)76-43-21-19-38(20-22-43)35-94-67(89)78(4)25-26-79(5)68(90)95-51-29-48-53(46-17-8-6-15-44(46)51)41(31-71)33-80(48)64(86)69-55-58-56(69)60-57(69)59(55)70(58,60)65(87)81-34-42(32-72)54-47-18-9-7-16-45(47)52(30-49(54)81)96-97(91,92)93/h6-9,15-22,29-30,36,39-42,55-61H,10-14,23-28,31-35,73H2,1-5H3,(H,76,84)(H,77,85)(H3,74,75,88)(H2,91,92,93)/t39?,40-,41?,42?,55?,56?,57?,58?,59?,60?,61?,69?,70?/m1/s1. The van der Waals surface area contributed by atoms with Crippen LogP contribution in [0.4, 0.5) is 31.4 Å². The third kappa shape index (κ3) is 11.8. The van der Waals surface area contributed by atoms with Crippen molar-refractivity contribution in [2.24, 2.45) is 75.6 Å². The molecule has 5 aromatic rings. The van der Waals surface area contributed by atoms with Gasteiger partial charge >= 0.3 is 26.0 Å². The van der Waals surface area contributed by atoms with Gasteiger partial charge in [-0.2, -0.15) is 0 Å². The number of phosphoric ester groups is 1. The molecule has 0 saturated heterocycles. The Morgan fingerprint density at radius 3 is 1.67 bits per heavy atom. The molecule has 2 heterocycles. The molecule has 8 aliphatic rings. The van der Waals surface area contributed by atoms with Crippen LogP contribution in [0, 0.1) is 64.1 Å². The minimum Gasteiger partial charge on any atom is -0.445 e. The first-order valence-corrected chi connectivity index (χ1v) is 35.8. The summed E-state index contributed by atoms with van der Waals surface area (Å²) in [6, 6.07) is 22.9. The molecule has 0 radical (unpaired) electrons. The zero-order chi connectivity index (χ0) is 69.3. The lowest BCUT2D eigenvalue weighted by molar-refractivity contribution is -0.623. The number of anilines is 3. The van der Waals surface area contributed by atoms with Gasteiger partial charge in [0.15, 0.2) is 5.78 Å². The number of amides is 8. The van der Waals surface area contributed by atoms with Gasteiger partial charge in [-0.05, 0) is 120 Å². The number of benzene rings is 5. The average Bonchev–Trinajstić information content (AvgIpc) is 0.710. The van der Waals surface area contributed by atoms with Crippen molar-refractivity contribution < 1.29 is 71.5 Å². The average molecular weight is 1390 g/mol. The monoisotopic (exact) mass is 1390 g/mol. The van der Waals surface area contributed by atoms with Crippen molar-refractivity contribution in [3.8, 4) is 11.5 Å². The summed E-state index contributed by atoms with van der Waals surface area (Å²) in [7, 11) is -1.89. The van der Waals surface area contributed by atoms with Gasteiger partial charge in [0.1, 0.15) is 23.9 Å². The van der Waals surface area contributed by atoms with E-state index in [0.29, 0.717) is 84.1 Å². The number of nitrogens with two attached hydrogens (primary N) is 2. The molecule has 6 fully saturated rings. The van der Waals surface area contributed by atoms with Gasteiger partial charge in [-0.3, -0.25) is 33.8 Å². The first-order chi connectivity index (χ1) is 46.3. The summed E-state index contributed by atoms with van der Waals surface area (Å²) in [6.07, 6.45) is 0.712. The van der Waals surface area contributed by atoms with E-state index in [4.69, 9.17) is 48.7 Å². The molecule has 2 aliphatic heterocycles. The second-order valence-corrected chi connectivity index (χ2v) is 29.5. The molecule has 5 aromatic carbocycles. The zero-order valence-corrected chi connectivity index (χ0v) is 57.1. The fourth-order valence-corrected chi connectivity index (χ4v) is 18.7. The molecule has 97 heavy (non-hydrogen) atoms. The first-order valence-electron chi connectivity index (χ1n) is 33.2. The Hall–Kier alpha value is -7.86. The fraction of sp³-hybridized carbons (Fsp3) is 0.500. The third-order valence-corrected chi connectivity index (χ3v) is 23.1. The molecular weight excluding hydrogens is 1310 g/mol. The van der Waals surface area contributed by atoms with Crippen LogP contribution < -0.4 is 46.5 Å². The summed E-state index contributed by atoms with van der Waals surface area (Å²) in [5.41, 5.74) is 13.6. The summed E-state index contributed by atoms with van der Waals surface area (Å²) >= 11 is 13.3. The van der Waals surface area contributed by atoms with Crippen LogP contribution in [0.1, 0.15) is 94.2 Å². The minimum absolute atomic E-state index is 0.000193. The number of primary amides is 1. The van der Waals surface area contributed by atoms with E-state index in [-0.39, 0.29) is 145 Å². The highest BCUT2D eigenvalue weighted by atomic mass is 35.5. The quantitative estimate of drug-likeness (QED) is 0.0128. The van der Waals surface area contributed by atoms with Gasteiger partial charge in [0.2, 0.25) is 23.6 Å². The number of ether oxygens (including phenoxy) is 2. The summed E-state index contributed by atoms with van der Waals surface area (Å²) in [4.78, 5) is 148. The van der Waals surface area contributed by atoms with E-state index in [1.54, 1.807) is 74.3 Å². The van der Waals surface area contributed by atoms with Crippen LogP contribution in [0.25, 0.3) is 21.5 Å². The Labute approximate surface area is 571 Å². The maximum atomic E-state index is 15.3. The number of nitrogens with zero attached hydrogens (tertiary/aromatic N) is 4. The molecule has 9 N–H and O–H groups in total. The van der Waals surface area contributed by atoms with E-state index >= 15 is 9.59 Å². The van der Waals surface area contributed by atoms with Gasteiger partial charge in [0.25, 0.3) is 0 Å². The topological polar surface area (TPSA) is 340 Å². The number of nitrogens with one attached hydrogen (secondary N) is 3. The number of unbranched alkanes of at least 4 members (excludes halogenated alkanes) is 1. The Bertz CT molecular complexity index is 4020. The number of ketones is 2. The van der Waals surface area contributed by atoms with Crippen LogP contribution in [0.5, 0.6) is 11.5 Å². The van der Waals surface area contributed by atoms with Gasteiger partial charge in [-0.15, -0.1) is 23.2 Å². The summed E-state index contributed by atoms with van der Waals surface area (Å²) in [6.45, 7) is 6.23. The maximum absolute atomic E-state index is 15.3. The Morgan fingerprint density at radius 1 is 0.680 bits per heavy atom. The number of hydrogen-bond acceptors (Lipinski definition) is 14. The van der Waals surface area contributed by atoms with Gasteiger partial charge < -0.3 is 65.8 Å². The van der Waals surface area contributed by atoms with E-state index < -0.39 is 66.6 Å². The number of phosphoric acid groups is 1. The van der Waals surface area contributed by atoms with Crippen LogP contribution in [0.15, 0.2) is 84.9 Å². The van der Waals surface area contributed by atoms with Crippen molar-refractivity contribution >= 4 is 123 Å². The lowest BCUT2D eigenvalue weighted by Crippen LogP contribution is -3.12. The summed E-state index contributed by atoms with van der Waals surface area (Å²) in [5.74, 6) is -2.82. The van der Waals surface area contributed by atoms with E-state index in [1.807, 2.05) is 41.3 Å². The first kappa shape index (κ1) is 69.1. The predicted octanol–water partition coefficient (Wildman–Crippen LogP) is 8.77. The number of likely N-dealkylation sites (N-methyl/N-ethyl adjacent to an activating group) is 2. The summed E-state index contributed by atoms with van der Waals surface area (Å²) < 4.78 is 29.2. The predicted molar refractivity (Wildman–Crippen MR) is 363 cm³/mol. The Morgan fingerprint density at radius 2 is 1.18 bits per heavy atom. The fourth-order valence-electron chi connectivity index (χ4n) is 17.8. The van der Waals surface area contributed by atoms with Crippen molar-refractivity contribution in [3.63, 3.8) is 0 Å². The molecular formula is C70H82Cl2N9O15P. The largest absolute Gasteiger partial charge is 0.524 e. The molecule has 13 rings (SSSR count). The number of rotatable bonds is 30. The maximum Gasteiger partial charge on any atom is 0.524 e. The number of urea groups is 1. The molecule has 0 aromatic heterocycles. The van der Waals surface area contributed by atoms with Crippen molar-refractivity contribution in [2.45, 2.75) is 90.2 Å². The molecule has 0 bridgehead atoms. The van der Waals surface area contributed by atoms with E-state index in [0.717, 1.165) is 16.5 Å². The smallest absolute Gasteiger partial charge is 0.445 e. The second-order valence-electron chi connectivity index (χ2n) is 27.7. The number of carbonyl (C=O) groups excluding carboxylic acids is 9. The zero-order valence-electron chi connectivity index (χ0n) is 54.7. The molecule has 6 saturated carbocycles. The van der Waals surface area contributed by atoms with Gasteiger partial charge in [0.05, 0.1) is 28.2 Å². The molecule has 516 valence electrons. The third-order valence-electron chi connectivity index (χ3n) is 22.0. The molecule has 0 spiro atoms. The second kappa shape index (κ2) is 27.1. The number of Topliss-reactive ketones (excluding diaryl/α,β-unsaturated/α-hetero) is 2. The van der Waals surface area contributed by atoms with Gasteiger partial charge in [0, 0.05) is 124 Å². The number of alkyl halides is 2. The molecule has 6 aliphatic carbocycles. The lowest BCUT2D eigenvalue weighted by atomic mass is 8.92. The van der Waals surface area contributed by atoms with Crippen molar-refractivity contribution in [3.05, 3.63) is 102 Å². The van der Waals surface area contributed by atoms with E-state index in [1.165, 1.54) is 23.8 Å². The van der Waals surface area contributed by atoms with Crippen molar-refractivity contribution in [1.29, 1.82) is 0 Å². The highest BCUT2D eigenvalue weighted by Crippen LogP contribution is 3.10. The molecule has 4 unspecified atom stereocenters. The van der Waals surface area contributed by atoms with Gasteiger partial charge in [-0.1, -0.05) is 80.9 Å². The Kier molecular flexibility index (Phi) is 19.3. The van der Waals surface area contributed by atoms with Crippen LogP contribution in [-0.4, -0.2) is 144 Å². The highest BCUT2D eigenvalue weighted by molar-refractivity contribution is 7.46. The van der Waals surface area contributed by atoms with Crippen molar-refractivity contribution in [2.75, 3.05) is 80.2 Å². The van der Waals surface area contributed by atoms with Crippen molar-refractivity contribution in [1.82, 2.24) is 20.4 Å². The Balaban J connectivity index is 0.648. The molecule has 24 nitrogen and oxygen atoms in total. The SMILES string of the molecule is CC(=O)CC(CCCCN)C(=O)NC(C(=O)C[C@@H](CCCNC(N)=O)C(=O)Nc1ccc(COC(=O)N(C)CCN(C)C(=O)Oc2cc3c(c4ccccc24)C(CCl)CN3C(=O)C23C4C5C2C2C3C4C52C(=O)N2CC(CCl)c3c2cc(OP(=O)(O)O)c2ccccc32)cc1)C(C)C.